The Morgan fingerprint density at radius 2 is 1.94 bits per heavy atom. The summed E-state index contributed by atoms with van der Waals surface area (Å²) in [6, 6.07) is 7.54. The normalized spacial score (nSPS) is 16.9. The van der Waals surface area contributed by atoms with Crippen LogP contribution in [0, 0.1) is 25.5 Å². The molecule has 1 atom stereocenters. The van der Waals surface area contributed by atoms with Crippen LogP contribution < -0.4 is 5.32 Å². The van der Waals surface area contributed by atoms with Gasteiger partial charge in [0.05, 0.1) is 16.6 Å². The summed E-state index contributed by atoms with van der Waals surface area (Å²) < 4.78 is 55.0. The van der Waals surface area contributed by atoms with E-state index in [4.69, 9.17) is 0 Å². The Kier molecular flexibility index (Phi) is 6.06. The molecule has 11 heteroatoms. The van der Waals surface area contributed by atoms with Crippen LogP contribution in [0.5, 0.6) is 0 Å². The van der Waals surface area contributed by atoms with Gasteiger partial charge in [0.1, 0.15) is 16.6 Å². The van der Waals surface area contributed by atoms with Crippen molar-refractivity contribution >= 4 is 33.0 Å². The molecule has 2 heterocycles. The summed E-state index contributed by atoms with van der Waals surface area (Å²) >= 11 is 0.952. The highest BCUT2D eigenvalue weighted by Crippen LogP contribution is 2.38. The van der Waals surface area contributed by atoms with Gasteiger partial charge in [-0.1, -0.05) is 23.5 Å². The molecule has 1 N–H and O–H groups in total. The SMILES string of the molecule is Cc1ccc(C)c(S(=O)(=O)N2CCC[C@H]2c2nnc(C(=O)Nc3ccc(F)cc3F)s2)c1. The van der Waals surface area contributed by atoms with Gasteiger partial charge in [-0.3, -0.25) is 4.79 Å². The Morgan fingerprint density at radius 3 is 2.69 bits per heavy atom. The van der Waals surface area contributed by atoms with Gasteiger partial charge < -0.3 is 5.32 Å². The molecule has 0 aliphatic carbocycles. The van der Waals surface area contributed by atoms with Gasteiger partial charge in [0.15, 0.2) is 0 Å². The van der Waals surface area contributed by atoms with E-state index < -0.39 is 33.6 Å². The van der Waals surface area contributed by atoms with Gasteiger partial charge in [-0.05, 0) is 56.0 Å². The second-order valence-corrected chi connectivity index (χ2v) is 10.4. The van der Waals surface area contributed by atoms with Gasteiger partial charge in [0, 0.05) is 12.6 Å². The third-order valence-electron chi connectivity index (χ3n) is 5.23. The number of carbonyl (C=O) groups excluding carboxylic acids is 1. The maximum Gasteiger partial charge on any atom is 0.286 e. The summed E-state index contributed by atoms with van der Waals surface area (Å²) in [6.07, 6.45) is 1.20. The summed E-state index contributed by atoms with van der Waals surface area (Å²) in [5, 5.41) is 10.6. The number of hydrogen-bond acceptors (Lipinski definition) is 6. The van der Waals surface area contributed by atoms with Gasteiger partial charge in [-0.25, -0.2) is 17.2 Å². The molecule has 1 aromatic heterocycles. The quantitative estimate of drug-likeness (QED) is 0.593. The lowest BCUT2D eigenvalue weighted by Gasteiger charge is -2.23. The molecule has 4 rings (SSSR count). The number of hydrogen-bond donors (Lipinski definition) is 1. The first-order valence-corrected chi connectivity index (χ1v) is 12.1. The van der Waals surface area contributed by atoms with Crippen molar-refractivity contribution < 1.29 is 22.0 Å². The monoisotopic (exact) mass is 478 g/mol. The standard InChI is InChI=1S/C21H20F2N4O3S2/c1-12-5-6-13(2)18(10-12)32(29,30)27-9-3-4-17(27)20-25-26-21(31-20)19(28)24-16-8-7-14(22)11-15(16)23/h5-8,10-11,17H,3-4,9H2,1-2H3,(H,24,28)/t17-/m0/s1. The molecule has 3 aromatic rings. The molecule has 0 radical (unpaired) electrons. The number of halogens is 2. The van der Waals surface area contributed by atoms with Gasteiger partial charge in [0.2, 0.25) is 15.0 Å². The fourth-order valence-electron chi connectivity index (χ4n) is 3.61. The number of sulfonamides is 1. The van der Waals surface area contributed by atoms with Crippen LogP contribution in [0.1, 0.15) is 44.8 Å². The predicted molar refractivity (Wildman–Crippen MR) is 116 cm³/mol. The molecule has 168 valence electrons. The molecule has 1 aliphatic heterocycles. The number of nitrogens with zero attached hydrogens (tertiary/aromatic N) is 3. The fraction of sp³-hybridized carbons (Fsp3) is 0.286. The van der Waals surface area contributed by atoms with E-state index >= 15 is 0 Å². The fourth-order valence-corrected chi connectivity index (χ4v) is 6.54. The average Bonchev–Trinajstić information content (AvgIpc) is 3.41. The van der Waals surface area contributed by atoms with Crippen molar-refractivity contribution in [2.24, 2.45) is 0 Å². The maximum atomic E-state index is 13.8. The third-order valence-corrected chi connectivity index (χ3v) is 8.31. The van der Waals surface area contributed by atoms with Crippen LogP contribution in [0.25, 0.3) is 0 Å². The Hall–Kier alpha value is -2.76. The molecule has 1 fully saturated rings. The number of aromatic nitrogens is 2. The Labute approximate surface area is 188 Å². The summed E-state index contributed by atoms with van der Waals surface area (Å²) in [7, 11) is -3.77. The first kappa shape index (κ1) is 22.4. The van der Waals surface area contributed by atoms with Crippen molar-refractivity contribution in [2.45, 2.75) is 37.6 Å². The highest BCUT2D eigenvalue weighted by atomic mass is 32.2. The third kappa shape index (κ3) is 4.27. The molecule has 0 saturated carbocycles. The maximum absolute atomic E-state index is 13.8. The van der Waals surface area contributed by atoms with Crippen molar-refractivity contribution in [3.8, 4) is 0 Å². The highest BCUT2D eigenvalue weighted by molar-refractivity contribution is 7.89. The minimum Gasteiger partial charge on any atom is -0.317 e. The van der Waals surface area contributed by atoms with Crippen molar-refractivity contribution in [1.82, 2.24) is 14.5 Å². The topological polar surface area (TPSA) is 92.3 Å². The predicted octanol–water partition coefficient (Wildman–Crippen LogP) is 4.21. The smallest absolute Gasteiger partial charge is 0.286 e. The zero-order valence-corrected chi connectivity index (χ0v) is 18.9. The van der Waals surface area contributed by atoms with Crippen LogP contribution in [0.2, 0.25) is 0 Å². The first-order valence-electron chi connectivity index (χ1n) is 9.85. The zero-order valence-electron chi connectivity index (χ0n) is 17.3. The van der Waals surface area contributed by atoms with Crippen LogP contribution in [0.15, 0.2) is 41.3 Å². The van der Waals surface area contributed by atoms with E-state index in [1.165, 1.54) is 4.31 Å². The second kappa shape index (κ2) is 8.64. The Bertz CT molecular complexity index is 1290. The molecule has 1 saturated heterocycles. The van der Waals surface area contributed by atoms with E-state index in [-0.39, 0.29) is 15.6 Å². The Balaban J connectivity index is 1.58. The van der Waals surface area contributed by atoms with Crippen molar-refractivity contribution in [3.63, 3.8) is 0 Å². The lowest BCUT2D eigenvalue weighted by molar-refractivity contribution is 0.102. The summed E-state index contributed by atoms with van der Waals surface area (Å²) in [5.74, 6) is -2.38. The first-order chi connectivity index (χ1) is 15.2. The van der Waals surface area contributed by atoms with Crippen LogP contribution in [0.4, 0.5) is 14.5 Å². The van der Waals surface area contributed by atoms with Crippen LogP contribution >= 0.6 is 11.3 Å². The van der Waals surface area contributed by atoms with Crippen molar-refractivity contribution in [2.75, 3.05) is 11.9 Å². The molecule has 1 aliphatic rings. The minimum atomic E-state index is -3.77. The average molecular weight is 479 g/mol. The molecular formula is C21H20F2N4O3S2. The van der Waals surface area contributed by atoms with Crippen LogP contribution in [0.3, 0.4) is 0 Å². The van der Waals surface area contributed by atoms with E-state index in [1.807, 2.05) is 13.0 Å². The van der Waals surface area contributed by atoms with E-state index in [0.717, 1.165) is 29.0 Å². The van der Waals surface area contributed by atoms with E-state index in [1.54, 1.807) is 19.1 Å². The van der Waals surface area contributed by atoms with Gasteiger partial charge in [-0.2, -0.15) is 4.31 Å². The molecule has 32 heavy (non-hydrogen) atoms. The van der Waals surface area contributed by atoms with Gasteiger partial charge in [-0.15, -0.1) is 10.2 Å². The van der Waals surface area contributed by atoms with Gasteiger partial charge in [0.25, 0.3) is 5.91 Å². The van der Waals surface area contributed by atoms with Crippen molar-refractivity contribution in [1.29, 1.82) is 0 Å². The second-order valence-electron chi connectivity index (χ2n) is 7.57. The number of anilines is 1. The van der Waals surface area contributed by atoms with Crippen LogP contribution in [-0.4, -0.2) is 35.4 Å². The summed E-state index contributed by atoms with van der Waals surface area (Å²) in [6.45, 7) is 3.92. The lowest BCUT2D eigenvalue weighted by atomic mass is 10.2. The van der Waals surface area contributed by atoms with E-state index in [0.29, 0.717) is 36.0 Å². The summed E-state index contributed by atoms with van der Waals surface area (Å²) in [5.41, 5.74) is 1.31. The number of carbonyl (C=O) groups is 1. The largest absolute Gasteiger partial charge is 0.317 e. The molecule has 1 amide bonds. The molecule has 0 spiro atoms. The van der Waals surface area contributed by atoms with E-state index in [9.17, 15) is 22.0 Å². The number of benzene rings is 2. The van der Waals surface area contributed by atoms with Crippen molar-refractivity contribution in [3.05, 3.63) is 69.2 Å². The highest BCUT2D eigenvalue weighted by Gasteiger charge is 2.39. The molecule has 0 unspecified atom stereocenters. The zero-order chi connectivity index (χ0) is 23.0. The Morgan fingerprint density at radius 1 is 1.16 bits per heavy atom. The van der Waals surface area contributed by atoms with Gasteiger partial charge >= 0.3 is 0 Å². The number of rotatable bonds is 5. The molecule has 2 aromatic carbocycles. The van der Waals surface area contributed by atoms with Crippen LogP contribution in [-0.2, 0) is 10.0 Å². The molecule has 0 bridgehead atoms. The minimum absolute atomic E-state index is 0.0419. The number of nitrogens with one attached hydrogen (secondary N) is 1. The lowest BCUT2D eigenvalue weighted by Crippen LogP contribution is -2.31. The van der Waals surface area contributed by atoms with E-state index in [2.05, 4.69) is 15.5 Å². The molecular weight excluding hydrogens is 458 g/mol. The summed E-state index contributed by atoms with van der Waals surface area (Å²) in [4.78, 5) is 12.7. The number of aryl methyl sites for hydroxylation is 2. The molecule has 7 nitrogen and oxygen atoms in total. The number of amides is 1.